The van der Waals surface area contributed by atoms with Crippen molar-refractivity contribution in [1.82, 2.24) is 0 Å². The van der Waals surface area contributed by atoms with Gasteiger partial charge in [-0.1, -0.05) is 140 Å². The number of aryl methyl sites for hydroxylation is 2. The summed E-state index contributed by atoms with van der Waals surface area (Å²) in [5.74, 6) is 0. The van der Waals surface area contributed by atoms with Crippen LogP contribution in [0.1, 0.15) is 146 Å². The van der Waals surface area contributed by atoms with Crippen molar-refractivity contribution in [1.29, 1.82) is 0 Å². The Kier molecular flexibility index (Phi) is 12.2. The molecule has 0 saturated carbocycles. The van der Waals surface area contributed by atoms with E-state index in [1.54, 1.807) is 0 Å². The van der Waals surface area contributed by atoms with Crippen LogP contribution in [0.4, 0.5) is 10.7 Å². The van der Waals surface area contributed by atoms with E-state index >= 15 is 0 Å². The lowest BCUT2D eigenvalue weighted by molar-refractivity contribution is 0.331. The maximum atomic E-state index is 5.21. The molecule has 3 heteroatoms. The second-order valence-electron chi connectivity index (χ2n) is 21.6. The Morgan fingerprint density at radius 1 is 0.688 bits per heavy atom. The van der Waals surface area contributed by atoms with Crippen molar-refractivity contribution in [3.63, 3.8) is 0 Å². The topological polar surface area (TPSA) is 24.4 Å². The zero-order chi connectivity index (χ0) is 45.8. The molecule has 5 aromatic carbocycles. The highest BCUT2D eigenvalue weighted by atomic mass is 32.1. The molecule has 0 atom stereocenters. The van der Waals surface area contributed by atoms with Gasteiger partial charge in [-0.15, -0.1) is 11.3 Å². The van der Waals surface area contributed by atoms with Crippen molar-refractivity contribution >= 4 is 66.9 Å². The van der Waals surface area contributed by atoms with E-state index in [0.717, 1.165) is 17.3 Å². The highest BCUT2D eigenvalue weighted by Gasteiger charge is 2.39. The van der Waals surface area contributed by atoms with Gasteiger partial charge in [0.25, 0.3) is 0 Å². The van der Waals surface area contributed by atoms with Crippen LogP contribution in [-0.4, -0.2) is 6.21 Å². The zero-order valence-corrected chi connectivity index (χ0v) is 41.8. The van der Waals surface area contributed by atoms with E-state index in [-0.39, 0.29) is 21.7 Å². The van der Waals surface area contributed by atoms with Crippen molar-refractivity contribution in [3.05, 3.63) is 169 Å². The monoisotopic (exact) mass is 863 g/mol. The molecule has 0 aliphatic heterocycles. The van der Waals surface area contributed by atoms with Gasteiger partial charge in [-0.05, 0) is 195 Å². The fourth-order valence-corrected chi connectivity index (χ4v) is 11.5. The molecule has 0 spiro atoms. The summed E-state index contributed by atoms with van der Waals surface area (Å²) in [5.41, 5.74) is 16.6. The standard InChI is InChI=1S/C61H70N2S/c1-14-19-39(2)26-31-62-54-25-24-43-20-17-18-23-47(43)56(54)48(41(4)32-46-35-51-50(33-40(46)3)58(6,7)27-28-59(51,8)9)34-44-21-15-16-22-45(44)38-63-57-42(5)49-36-52-53(37-55(49)64-57)61(12,13)30-29-60(52,10)11/h14-26,31,33-38,63H,27-30,32H2,1-13H3/b19-14-,39-26-,44-34-,45-38+,48-41+,62-31?. The number of fused-ring (bicyclic) bond motifs is 4. The van der Waals surface area contributed by atoms with Crippen molar-refractivity contribution in [2.45, 2.75) is 144 Å². The highest BCUT2D eigenvalue weighted by molar-refractivity contribution is 7.23. The Labute approximate surface area is 388 Å². The molecule has 1 aromatic heterocycles. The summed E-state index contributed by atoms with van der Waals surface area (Å²) in [6, 6.07) is 32.1. The van der Waals surface area contributed by atoms with Gasteiger partial charge in [0.15, 0.2) is 0 Å². The molecule has 0 amide bonds. The maximum absolute atomic E-state index is 5.21. The fraction of sp³-hybridized carbons (Fsp3) is 0.361. The Morgan fingerprint density at radius 3 is 1.95 bits per heavy atom. The van der Waals surface area contributed by atoms with Crippen molar-refractivity contribution in [2.24, 2.45) is 4.99 Å². The Hall–Kier alpha value is -5.25. The minimum atomic E-state index is 0.136. The van der Waals surface area contributed by atoms with Gasteiger partial charge >= 0.3 is 0 Å². The largest absolute Gasteiger partial charge is 0.353 e. The van der Waals surface area contributed by atoms with Gasteiger partial charge in [0.2, 0.25) is 0 Å². The van der Waals surface area contributed by atoms with Crippen LogP contribution in [0.5, 0.6) is 0 Å². The van der Waals surface area contributed by atoms with E-state index in [1.165, 1.54) is 118 Å². The van der Waals surface area contributed by atoms with Crippen LogP contribution in [0.15, 0.2) is 119 Å². The van der Waals surface area contributed by atoms with E-state index in [1.807, 2.05) is 17.6 Å². The Morgan fingerprint density at radius 2 is 1.28 bits per heavy atom. The average Bonchev–Trinajstić information content (AvgIpc) is 3.57. The third-order valence-electron chi connectivity index (χ3n) is 14.9. The molecule has 2 aliphatic carbocycles. The van der Waals surface area contributed by atoms with Gasteiger partial charge in [0.05, 0.1) is 10.7 Å². The quantitative estimate of drug-likeness (QED) is 0.114. The van der Waals surface area contributed by atoms with Gasteiger partial charge in [0.1, 0.15) is 0 Å². The minimum absolute atomic E-state index is 0.136. The van der Waals surface area contributed by atoms with Gasteiger partial charge < -0.3 is 5.32 Å². The number of nitrogens with one attached hydrogen (secondary N) is 1. The summed E-state index contributed by atoms with van der Waals surface area (Å²) in [7, 11) is 0. The number of nitrogens with zero attached hydrogens (tertiary/aromatic N) is 1. The lowest BCUT2D eigenvalue weighted by atomic mass is 9.62. The average molecular weight is 863 g/mol. The first kappa shape index (κ1) is 45.3. The van der Waals surface area contributed by atoms with Crippen LogP contribution in [0.2, 0.25) is 0 Å². The van der Waals surface area contributed by atoms with E-state index in [9.17, 15) is 0 Å². The van der Waals surface area contributed by atoms with E-state index in [4.69, 9.17) is 4.99 Å². The molecule has 0 unspecified atom stereocenters. The Balaban J connectivity index is 1.31. The number of thiophene rings is 1. The van der Waals surface area contributed by atoms with Gasteiger partial charge in [0, 0.05) is 22.7 Å². The van der Waals surface area contributed by atoms with Crippen LogP contribution in [0.25, 0.3) is 38.7 Å². The SMILES string of the molecule is C/C=C\C(C)=C/C=Nc1ccc2ccccc2c1C(/C=c1/cccc/c1=C\Nc1sc2cc3c(cc2c1C)C(C)(C)CCC3(C)C)=C(\C)Cc1cc2c(cc1C)C(C)(C)CCC2(C)C. The van der Waals surface area contributed by atoms with E-state index < -0.39 is 0 Å². The molecular formula is C61H70N2S. The number of anilines is 1. The Bertz CT molecular complexity index is 3040. The molecule has 0 saturated heterocycles. The second-order valence-corrected chi connectivity index (χ2v) is 22.7. The zero-order valence-electron chi connectivity index (χ0n) is 40.9. The first-order valence-electron chi connectivity index (χ1n) is 23.6. The number of hydrogen-bond acceptors (Lipinski definition) is 3. The van der Waals surface area contributed by atoms with Gasteiger partial charge in [-0.2, -0.15) is 0 Å². The number of aliphatic imine (C=N–C) groups is 1. The van der Waals surface area contributed by atoms with Crippen LogP contribution in [-0.2, 0) is 28.1 Å². The molecule has 330 valence electrons. The molecular weight excluding hydrogens is 793 g/mol. The van der Waals surface area contributed by atoms with E-state index in [0.29, 0.717) is 0 Å². The normalized spacial score (nSPS) is 18.8. The fourth-order valence-electron chi connectivity index (χ4n) is 10.4. The molecule has 0 fully saturated rings. The third kappa shape index (κ3) is 8.78. The summed E-state index contributed by atoms with van der Waals surface area (Å²) in [5, 5.41) is 11.1. The molecule has 2 nitrogen and oxygen atoms in total. The van der Waals surface area contributed by atoms with Crippen LogP contribution in [0, 0.1) is 13.8 Å². The summed E-state index contributed by atoms with van der Waals surface area (Å²) >= 11 is 1.88. The number of rotatable bonds is 9. The molecule has 0 bridgehead atoms. The highest BCUT2D eigenvalue weighted by Crippen LogP contribution is 2.50. The predicted octanol–water partition coefficient (Wildman–Crippen LogP) is 15.9. The summed E-state index contributed by atoms with van der Waals surface area (Å²) in [4.78, 5) is 5.21. The molecule has 8 rings (SSSR count). The van der Waals surface area contributed by atoms with Crippen molar-refractivity contribution < 1.29 is 0 Å². The van der Waals surface area contributed by atoms with Crippen LogP contribution < -0.4 is 15.8 Å². The smallest absolute Gasteiger partial charge is 0.0964 e. The lowest BCUT2D eigenvalue weighted by Crippen LogP contribution is -2.34. The van der Waals surface area contributed by atoms with Crippen LogP contribution >= 0.6 is 11.3 Å². The number of hydrogen-bond donors (Lipinski definition) is 1. The minimum Gasteiger partial charge on any atom is -0.353 e. The maximum Gasteiger partial charge on any atom is 0.0964 e. The number of allylic oxidation sites excluding steroid dienone is 6. The second kappa shape index (κ2) is 17.3. The van der Waals surface area contributed by atoms with Gasteiger partial charge in [-0.3, -0.25) is 4.99 Å². The molecule has 1 N–H and O–H groups in total. The molecule has 1 heterocycles. The lowest BCUT2D eigenvalue weighted by Gasteiger charge is -2.42. The summed E-state index contributed by atoms with van der Waals surface area (Å²) in [6.07, 6.45) is 18.6. The third-order valence-corrected chi connectivity index (χ3v) is 16.1. The predicted molar refractivity (Wildman–Crippen MR) is 284 cm³/mol. The van der Waals surface area contributed by atoms with E-state index in [2.05, 4.69) is 211 Å². The molecule has 64 heavy (non-hydrogen) atoms. The van der Waals surface area contributed by atoms with Crippen LogP contribution in [0.3, 0.4) is 0 Å². The number of benzene rings is 5. The van der Waals surface area contributed by atoms with Crippen molar-refractivity contribution in [3.8, 4) is 0 Å². The first-order valence-corrected chi connectivity index (χ1v) is 24.4. The molecule has 0 radical (unpaired) electrons. The summed E-state index contributed by atoms with van der Waals surface area (Å²) in [6.45, 7) is 30.5. The summed E-state index contributed by atoms with van der Waals surface area (Å²) < 4.78 is 1.36. The first-order chi connectivity index (χ1) is 30.3. The molecule has 6 aromatic rings. The molecule has 2 aliphatic rings. The van der Waals surface area contributed by atoms with Crippen molar-refractivity contribution in [2.75, 3.05) is 5.32 Å². The van der Waals surface area contributed by atoms with Gasteiger partial charge in [-0.25, -0.2) is 0 Å².